The van der Waals surface area contributed by atoms with Gasteiger partial charge in [0, 0.05) is 99.6 Å². The average Bonchev–Trinajstić information content (AvgIpc) is 4.11. The summed E-state index contributed by atoms with van der Waals surface area (Å²) in [5, 5.41) is 17.0. The molecule has 19 nitrogen and oxygen atoms in total. The lowest BCUT2D eigenvalue weighted by Gasteiger charge is -2.37. The summed E-state index contributed by atoms with van der Waals surface area (Å²) in [5.41, 5.74) is 3.62. The molecule has 8 rings (SSSR count). The van der Waals surface area contributed by atoms with Gasteiger partial charge in [-0.1, -0.05) is 52.0 Å². The summed E-state index contributed by atoms with van der Waals surface area (Å²) < 4.78 is 59.0. The van der Waals surface area contributed by atoms with Crippen LogP contribution >= 0.6 is 11.3 Å². The number of β-amino-alcohol motifs (C(OH)–C–C–N with tert-alkyl or cyclic N) is 1. The number of nitrogens with one attached hydrogen (secondary N) is 4. The van der Waals surface area contributed by atoms with Crippen molar-refractivity contribution in [2.24, 2.45) is 5.41 Å². The zero-order chi connectivity index (χ0) is 52.5. The van der Waals surface area contributed by atoms with Crippen LogP contribution in [0.5, 0.6) is 0 Å². The Balaban J connectivity index is 0.864. The number of H-pyrrole nitrogens is 1. The van der Waals surface area contributed by atoms with Gasteiger partial charge in [-0.2, -0.15) is 12.7 Å². The molecule has 4 atom stereocenters. The van der Waals surface area contributed by atoms with Crippen LogP contribution in [0.3, 0.4) is 0 Å². The lowest BCUT2D eigenvalue weighted by molar-refractivity contribution is -0.144. The number of benzene rings is 2. The van der Waals surface area contributed by atoms with E-state index in [1.807, 2.05) is 68.7 Å². The molecule has 0 aliphatic carbocycles. The smallest absolute Gasteiger partial charge is 0.301 e. The van der Waals surface area contributed by atoms with Crippen molar-refractivity contribution in [3.8, 4) is 21.6 Å². The number of nitrogens with zero attached hydrogens (tertiary/aromatic N) is 8. The number of thiazole rings is 1. The number of fused-ring (bicyclic) bond motifs is 1. The molecule has 3 amide bonds. The minimum absolute atomic E-state index is 0.0120. The van der Waals surface area contributed by atoms with Gasteiger partial charge in [0.25, 0.3) is 0 Å². The minimum atomic E-state index is -4.18. The number of carbonyl (C=O) groups excluding carboxylic acids is 4. The maximum Gasteiger partial charge on any atom is 0.301 e. The van der Waals surface area contributed by atoms with Crippen LogP contribution in [0.25, 0.3) is 32.6 Å². The molecule has 4 aromatic heterocycles. The number of anilines is 2. The molecule has 6 aromatic rings. The third kappa shape index (κ3) is 11.4. The number of carbonyl (C=O) groups is 4. The molecular weight excluding hydrogens is 983 g/mol. The Labute approximate surface area is 425 Å². The van der Waals surface area contributed by atoms with Gasteiger partial charge >= 0.3 is 10.2 Å². The summed E-state index contributed by atoms with van der Waals surface area (Å²) in [6.45, 7) is 12.9. The predicted molar refractivity (Wildman–Crippen MR) is 273 cm³/mol. The summed E-state index contributed by atoms with van der Waals surface area (Å²) in [6, 6.07) is 8.92. The summed E-state index contributed by atoms with van der Waals surface area (Å²) in [5.74, 6) is -4.34. The Morgan fingerprint density at radius 1 is 0.945 bits per heavy atom. The monoisotopic (exact) mass is 1040 g/mol. The highest BCUT2D eigenvalue weighted by atomic mass is 32.2. The Hall–Kier alpha value is -6.79. The van der Waals surface area contributed by atoms with E-state index in [2.05, 4.69) is 40.3 Å². The second-order valence-electron chi connectivity index (χ2n) is 19.4. The molecule has 0 bridgehead atoms. The molecule has 6 heterocycles. The van der Waals surface area contributed by atoms with E-state index < -0.39 is 74.3 Å². The largest absolute Gasteiger partial charge is 0.391 e. The lowest BCUT2D eigenvalue weighted by Crippen LogP contribution is -2.59. The third-order valence-electron chi connectivity index (χ3n) is 13.2. The van der Waals surface area contributed by atoms with Crippen LogP contribution in [0.1, 0.15) is 74.3 Å². The topological polar surface area (TPSA) is 239 Å². The van der Waals surface area contributed by atoms with Crippen molar-refractivity contribution >= 4 is 67.7 Å². The maximum atomic E-state index is 15.7. The van der Waals surface area contributed by atoms with E-state index in [0.717, 1.165) is 38.1 Å². The van der Waals surface area contributed by atoms with E-state index in [4.69, 9.17) is 0 Å². The first kappa shape index (κ1) is 52.5. The molecule has 2 aliphatic rings. The summed E-state index contributed by atoms with van der Waals surface area (Å²) >= 11 is 1.56. The molecule has 2 saturated heterocycles. The summed E-state index contributed by atoms with van der Waals surface area (Å²) in [6.07, 6.45) is 5.14. The van der Waals surface area contributed by atoms with Crippen LogP contribution in [0.4, 0.5) is 20.4 Å². The fourth-order valence-corrected chi connectivity index (χ4v) is 10.6. The molecule has 2 fully saturated rings. The lowest BCUT2D eigenvalue weighted by atomic mass is 9.85. The highest BCUT2D eigenvalue weighted by Gasteiger charge is 2.45. The highest BCUT2D eigenvalue weighted by Crippen LogP contribution is 2.32. The number of aliphatic hydroxyl groups excluding tert-OH is 1. The van der Waals surface area contributed by atoms with Crippen LogP contribution in [0, 0.1) is 24.0 Å². The number of hydrogen-bond donors (Lipinski definition) is 5. The van der Waals surface area contributed by atoms with Gasteiger partial charge in [-0.05, 0) is 48.6 Å². The quantitative estimate of drug-likeness (QED) is 0.0798. The number of hydrogen-bond acceptors (Lipinski definition) is 14. The summed E-state index contributed by atoms with van der Waals surface area (Å²) in [7, 11) is -2.89. The molecular formula is C50H58F2N12O7S2. The number of pyridine rings is 1. The number of aromatic nitrogens is 5. The van der Waals surface area contributed by atoms with E-state index in [1.54, 1.807) is 42.2 Å². The Bertz CT molecular complexity index is 3140. The van der Waals surface area contributed by atoms with E-state index in [0.29, 0.717) is 43.3 Å². The number of aromatic amines is 1. The van der Waals surface area contributed by atoms with Crippen LogP contribution in [0.2, 0.25) is 0 Å². The van der Waals surface area contributed by atoms with Gasteiger partial charge in [-0.15, -0.1) is 11.3 Å². The fourth-order valence-electron chi connectivity index (χ4n) is 8.87. The van der Waals surface area contributed by atoms with Crippen molar-refractivity contribution in [2.75, 3.05) is 62.5 Å². The minimum Gasteiger partial charge on any atom is -0.391 e. The Morgan fingerprint density at radius 2 is 1.63 bits per heavy atom. The van der Waals surface area contributed by atoms with Gasteiger partial charge in [0.2, 0.25) is 29.5 Å². The molecule has 5 N–H and O–H groups in total. The second-order valence-corrected chi connectivity index (χ2v) is 22.0. The maximum absolute atomic E-state index is 15.7. The summed E-state index contributed by atoms with van der Waals surface area (Å²) in [4.78, 5) is 82.5. The zero-order valence-corrected chi connectivity index (χ0v) is 43.1. The number of piperazine rings is 1. The number of halogens is 2. The first-order valence-electron chi connectivity index (χ1n) is 23.8. The van der Waals surface area contributed by atoms with Crippen molar-refractivity contribution in [2.45, 2.75) is 72.2 Å². The van der Waals surface area contributed by atoms with Crippen LogP contribution in [-0.2, 0) is 24.6 Å². The Kier molecular flexibility index (Phi) is 15.4. The van der Waals surface area contributed by atoms with Crippen LogP contribution in [0.15, 0.2) is 72.8 Å². The van der Waals surface area contributed by atoms with E-state index in [9.17, 15) is 32.7 Å². The number of likely N-dealkylation sites (tertiary alicyclic amines) is 1. The second kappa shape index (κ2) is 21.4. The predicted octanol–water partition coefficient (Wildman–Crippen LogP) is 5.06. The fraction of sp³-hybridized carbons (Fsp3) is 0.400. The normalized spacial score (nSPS) is 17.5. The van der Waals surface area contributed by atoms with Crippen molar-refractivity contribution < 1.29 is 41.5 Å². The van der Waals surface area contributed by atoms with Gasteiger partial charge in [-0.3, -0.25) is 28.8 Å². The van der Waals surface area contributed by atoms with Crippen molar-refractivity contribution in [1.82, 2.24) is 49.7 Å². The molecule has 23 heteroatoms. The molecule has 2 aromatic carbocycles. The first-order valence-corrected chi connectivity index (χ1v) is 26.1. The number of ketones is 1. The number of aryl methyl sites for hydroxylation is 1. The molecule has 0 radical (unpaired) electrons. The van der Waals surface area contributed by atoms with Crippen molar-refractivity contribution in [3.63, 3.8) is 0 Å². The highest BCUT2D eigenvalue weighted by molar-refractivity contribution is 7.90. The SMILES string of the molecule is CCN(C)S(=O)(=O)Nc1ccc(F)c(C(=O)c2c[nH]c3ncc(-c4cnc(N5CCN(CC(=O)N[C@H](C(=O)N6C[C@H](O)C[C@H]6C(=O)N[C@@H](C)c6ccc(-c7scnc7C)cc6)C(C)(C)C)CC5)nc4)cc23)c1F. The van der Waals surface area contributed by atoms with E-state index in [-0.39, 0.29) is 54.6 Å². The van der Waals surface area contributed by atoms with Gasteiger partial charge in [0.1, 0.15) is 23.5 Å². The number of aliphatic hydroxyl groups is 1. The molecule has 386 valence electrons. The average molecular weight is 1040 g/mol. The van der Waals surface area contributed by atoms with E-state index >= 15 is 8.78 Å². The van der Waals surface area contributed by atoms with Gasteiger partial charge < -0.3 is 30.5 Å². The molecule has 2 aliphatic heterocycles. The number of rotatable bonds is 16. The standard InChI is InChI=1S/C50H58F2N12O7S2/c1-8-61(7)73(70,71)60-38-14-13-37(51)41(42(38)52)43(67)36-24-54-46-35(36)19-32(21-53-46)33-22-55-49(56-23-33)63-17-15-62(16-18-63)26-40(66)59-45(50(4,5)6)48(69)64-25-34(65)20-39(64)47(68)58-28(2)30-9-11-31(12-10-30)44-29(3)57-27-72-44/h9-14,19,21-24,27-28,34,39,45,60,65H,8,15-18,20,25-26H2,1-7H3,(H,53,54)(H,58,68)(H,59,66)/t28-,34+,39-,45+/m0/s1. The Morgan fingerprint density at radius 3 is 2.27 bits per heavy atom. The number of amides is 3. The molecule has 0 unspecified atom stereocenters. The van der Waals surface area contributed by atoms with Gasteiger partial charge in [0.05, 0.1) is 46.0 Å². The van der Waals surface area contributed by atoms with Gasteiger partial charge in [-0.25, -0.2) is 28.7 Å². The molecule has 73 heavy (non-hydrogen) atoms. The molecule has 0 spiro atoms. The van der Waals surface area contributed by atoms with Crippen molar-refractivity contribution in [3.05, 3.63) is 107 Å². The van der Waals surface area contributed by atoms with Gasteiger partial charge in [0.15, 0.2) is 5.82 Å². The first-order chi connectivity index (χ1) is 34.6. The van der Waals surface area contributed by atoms with Crippen LogP contribution in [-0.4, -0.2) is 147 Å². The zero-order valence-electron chi connectivity index (χ0n) is 41.4. The third-order valence-corrected chi connectivity index (χ3v) is 15.8. The molecule has 0 saturated carbocycles. The van der Waals surface area contributed by atoms with Crippen LogP contribution < -0.4 is 20.3 Å². The van der Waals surface area contributed by atoms with Crippen molar-refractivity contribution in [1.29, 1.82) is 0 Å². The van der Waals surface area contributed by atoms with E-state index in [1.165, 1.54) is 24.3 Å².